The Morgan fingerprint density at radius 3 is 2.44 bits per heavy atom. The lowest BCUT2D eigenvalue weighted by Crippen LogP contribution is -2.60. The first kappa shape index (κ1) is 18.2. The first-order valence-corrected chi connectivity index (χ1v) is 10.0. The first-order valence-electron chi connectivity index (χ1n) is 10.0. The van der Waals surface area contributed by atoms with Crippen LogP contribution in [-0.2, 0) is 16.0 Å². The third-order valence-corrected chi connectivity index (χ3v) is 5.74. The summed E-state index contributed by atoms with van der Waals surface area (Å²) in [7, 11) is 0. The van der Waals surface area contributed by atoms with Crippen molar-refractivity contribution in [1.82, 2.24) is 4.90 Å². The van der Waals surface area contributed by atoms with Gasteiger partial charge in [-0.05, 0) is 43.4 Å². The zero-order valence-electron chi connectivity index (χ0n) is 15.8. The molecule has 2 aliphatic heterocycles. The molecule has 2 heterocycles. The topological polar surface area (TPSA) is 32.8 Å². The van der Waals surface area contributed by atoms with E-state index in [2.05, 4.69) is 35.2 Å². The molecule has 1 unspecified atom stereocenters. The molecule has 1 amide bonds. The molecule has 142 valence electrons. The van der Waals surface area contributed by atoms with E-state index in [4.69, 9.17) is 4.74 Å². The van der Waals surface area contributed by atoms with Crippen LogP contribution in [0.2, 0.25) is 0 Å². The van der Waals surface area contributed by atoms with E-state index in [-0.39, 0.29) is 5.91 Å². The molecular weight excluding hydrogens is 336 g/mol. The molecule has 1 atom stereocenters. The summed E-state index contributed by atoms with van der Waals surface area (Å²) in [6.45, 7) is 3.96. The van der Waals surface area contributed by atoms with E-state index in [0.29, 0.717) is 13.2 Å². The van der Waals surface area contributed by atoms with Crippen molar-refractivity contribution in [2.75, 3.05) is 37.7 Å². The number of carbonyl (C=O) groups is 1. The van der Waals surface area contributed by atoms with Gasteiger partial charge in [-0.1, -0.05) is 48.5 Å². The minimum absolute atomic E-state index is 0.135. The van der Waals surface area contributed by atoms with Crippen LogP contribution in [0.25, 0.3) is 0 Å². The Morgan fingerprint density at radius 1 is 0.926 bits per heavy atom. The first-order chi connectivity index (χ1) is 13.3. The number of hydrogen-bond donors (Lipinski definition) is 0. The third-order valence-electron chi connectivity index (χ3n) is 5.74. The standard InChI is InChI=1S/C23H28N2O2/c26-22-23(14-7-8-15-25(22)21-11-5-2-6-12-21)19-24(17-18-27-23)16-13-20-9-3-1-4-10-20/h1-6,9-12H,7-8,13-19H2. The third kappa shape index (κ3) is 4.07. The summed E-state index contributed by atoms with van der Waals surface area (Å²) < 4.78 is 6.20. The summed E-state index contributed by atoms with van der Waals surface area (Å²) in [5.74, 6) is 0.135. The van der Waals surface area contributed by atoms with Crippen molar-refractivity contribution in [3.05, 3.63) is 66.2 Å². The van der Waals surface area contributed by atoms with Crippen molar-refractivity contribution in [1.29, 1.82) is 0 Å². The van der Waals surface area contributed by atoms with Crippen LogP contribution in [0.5, 0.6) is 0 Å². The van der Waals surface area contributed by atoms with Crippen LogP contribution in [0.1, 0.15) is 24.8 Å². The van der Waals surface area contributed by atoms with Gasteiger partial charge in [0.2, 0.25) is 0 Å². The number of nitrogens with zero attached hydrogens (tertiary/aromatic N) is 2. The van der Waals surface area contributed by atoms with Gasteiger partial charge >= 0.3 is 0 Å². The van der Waals surface area contributed by atoms with Gasteiger partial charge in [0.25, 0.3) is 5.91 Å². The highest BCUT2D eigenvalue weighted by Gasteiger charge is 2.46. The lowest BCUT2D eigenvalue weighted by Gasteiger charge is -2.42. The van der Waals surface area contributed by atoms with E-state index in [9.17, 15) is 4.79 Å². The Morgan fingerprint density at radius 2 is 1.67 bits per heavy atom. The molecule has 2 aromatic carbocycles. The van der Waals surface area contributed by atoms with Crippen molar-refractivity contribution in [3.63, 3.8) is 0 Å². The van der Waals surface area contributed by atoms with Crippen molar-refractivity contribution >= 4 is 11.6 Å². The monoisotopic (exact) mass is 364 g/mol. The van der Waals surface area contributed by atoms with Crippen molar-refractivity contribution in [2.24, 2.45) is 0 Å². The molecule has 2 fully saturated rings. The molecular formula is C23H28N2O2. The van der Waals surface area contributed by atoms with Gasteiger partial charge in [-0.25, -0.2) is 0 Å². The molecule has 2 saturated heterocycles. The van der Waals surface area contributed by atoms with Crippen LogP contribution >= 0.6 is 0 Å². The van der Waals surface area contributed by atoms with Gasteiger partial charge in [0.1, 0.15) is 0 Å². The SMILES string of the molecule is O=C1N(c2ccccc2)CCCCC12CN(CCc1ccccc1)CCO2. The summed E-state index contributed by atoms with van der Waals surface area (Å²) in [5.41, 5.74) is 1.63. The number of anilines is 1. The fraction of sp³-hybridized carbons (Fsp3) is 0.435. The average Bonchev–Trinajstić information content (AvgIpc) is 2.88. The maximum Gasteiger partial charge on any atom is 0.260 e. The zero-order valence-corrected chi connectivity index (χ0v) is 15.8. The lowest BCUT2D eigenvalue weighted by molar-refractivity contribution is -0.158. The molecule has 0 radical (unpaired) electrons. The molecule has 4 rings (SSSR count). The number of hydrogen-bond acceptors (Lipinski definition) is 3. The fourth-order valence-corrected chi connectivity index (χ4v) is 4.25. The summed E-state index contributed by atoms with van der Waals surface area (Å²) in [5, 5.41) is 0. The number of amides is 1. The predicted molar refractivity (Wildman–Crippen MR) is 108 cm³/mol. The maximum absolute atomic E-state index is 13.5. The molecule has 0 saturated carbocycles. The van der Waals surface area contributed by atoms with Gasteiger partial charge in [-0.2, -0.15) is 0 Å². The van der Waals surface area contributed by atoms with Gasteiger partial charge in [-0.3, -0.25) is 9.69 Å². The van der Waals surface area contributed by atoms with Crippen molar-refractivity contribution in [3.8, 4) is 0 Å². The van der Waals surface area contributed by atoms with Crippen LogP contribution in [0.4, 0.5) is 5.69 Å². The Labute approximate surface area is 161 Å². The van der Waals surface area contributed by atoms with E-state index >= 15 is 0 Å². The van der Waals surface area contributed by atoms with E-state index in [1.165, 1.54) is 5.56 Å². The zero-order chi connectivity index (χ0) is 18.5. The molecule has 2 aromatic rings. The van der Waals surface area contributed by atoms with E-state index in [0.717, 1.165) is 51.0 Å². The molecule has 4 heteroatoms. The predicted octanol–water partition coefficient (Wildman–Crippen LogP) is 3.52. The second-order valence-electron chi connectivity index (χ2n) is 7.60. The quantitative estimate of drug-likeness (QED) is 0.832. The number of ether oxygens (including phenoxy) is 1. The Balaban J connectivity index is 1.49. The van der Waals surface area contributed by atoms with Crippen molar-refractivity contribution < 1.29 is 9.53 Å². The average molecular weight is 364 g/mol. The number of morpholine rings is 1. The van der Waals surface area contributed by atoms with E-state index in [1.54, 1.807) is 0 Å². The molecule has 27 heavy (non-hydrogen) atoms. The molecule has 2 aliphatic rings. The summed E-state index contributed by atoms with van der Waals surface area (Å²) in [6, 6.07) is 20.6. The van der Waals surface area contributed by atoms with Gasteiger partial charge in [0.05, 0.1) is 6.61 Å². The van der Waals surface area contributed by atoms with Crippen LogP contribution < -0.4 is 4.90 Å². The number of rotatable bonds is 4. The Hall–Kier alpha value is -2.17. The normalized spacial score (nSPS) is 24.1. The smallest absolute Gasteiger partial charge is 0.260 e. The van der Waals surface area contributed by atoms with Crippen LogP contribution in [0, 0.1) is 0 Å². The largest absolute Gasteiger partial charge is 0.362 e. The highest BCUT2D eigenvalue weighted by atomic mass is 16.5. The van der Waals surface area contributed by atoms with Gasteiger partial charge in [0.15, 0.2) is 5.60 Å². The molecule has 0 aliphatic carbocycles. The lowest BCUT2D eigenvalue weighted by atomic mass is 9.93. The molecule has 0 bridgehead atoms. The summed E-state index contributed by atoms with van der Waals surface area (Å²) in [6.07, 6.45) is 3.88. The number of benzene rings is 2. The summed E-state index contributed by atoms with van der Waals surface area (Å²) in [4.78, 5) is 17.9. The van der Waals surface area contributed by atoms with Gasteiger partial charge in [-0.15, -0.1) is 0 Å². The second-order valence-corrected chi connectivity index (χ2v) is 7.60. The molecule has 0 aromatic heterocycles. The molecule has 1 spiro atoms. The molecule has 0 N–H and O–H groups in total. The van der Waals surface area contributed by atoms with Crippen LogP contribution in [-0.4, -0.2) is 49.2 Å². The second kappa shape index (κ2) is 8.24. The Bertz CT molecular complexity index is 749. The van der Waals surface area contributed by atoms with E-state index in [1.807, 2.05) is 35.2 Å². The maximum atomic E-state index is 13.5. The number of para-hydroxylation sites is 1. The molecule has 4 nitrogen and oxygen atoms in total. The Kier molecular flexibility index (Phi) is 5.55. The minimum Gasteiger partial charge on any atom is -0.362 e. The van der Waals surface area contributed by atoms with Crippen LogP contribution in [0.3, 0.4) is 0 Å². The fourth-order valence-electron chi connectivity index (χ4n) is 4.25. The minimum atomic E-state index is -0.693. The van der Waals surface area contributed by atoms with E-state index < -0.39 is 5.60 Å². The highest BCUT2D eigenvalue weighted by molar-refractivity contribution is 6.00. The van der Waals surface area contributed by atoms with Gasteiger partial charge < -0.3 is 9.64 Å². The van der Waals surface area contributed by atoms with Crippen LogP contribution in [0.15, 0.2) is 60.7 Å². The van der Waals surface area contributed by atoms with Gasteiger partial charge in [0, 0.05) is 31.9 Å². The summed E-state index contributed by atoms with van der Waals surface area (Å²) >= 11 is 0. The number of carbonyl (C=O) groups excluding carboxylic acids is 1. The highest BCUT2D eigenvalue weighted by Crippen LogP contribution is 2.32. The van der Waals surface area contributed by atoms with Crippen molar-refractivity contribution in [2.45, 2.75) is 31.3 Å².